The maximum Gasteiger partial charge on any atom is 4.00 e. The Kier molecular flexibility index (Phi) is 14.3. The number of hydrogen-bond acceptors (Lipinski definition) is 0. The van der Waals surface area contributed by atoms with Crippen molar-refractivity contribution in [3.63, 3.8) is 0 Å². The van der Waals surface area contributed by atoms with E-state index in [2.05, 4.69) is 19.9 Å². The minimum absolute atomic E-state index is 0. The quantitative estimate of drug-likeness (QED) is 0.468. The maximum atomic E-state index is 3.72. The fourth-order valence-corrected chi connectivity index (χ4v) is 0.994. The van der Waals surface area contributed by atoms with Crippen LogP contribution in [0.5, 0.6) is 0 Å². The molecule has 0 amide bonds. The molecule has 5 heteroatoms. The topological polar surface area (TPSA) is 56.4 Å². The van der Waals surface area contributed by atoms with E-state index in [1.165, 1.54) is 0 Å². The molecule has 0 unspecified atom stereocenters. The van der Waals surface area contributed by atoms with E-state index in [1.54, 1.807) is 49.6 Å². The van der Waals surface area contributed by atoms with Crippen LogP contribution in [0.3, 0.4) is 0 Å². The van der Waals surface area contributed by atoms with E-state index in [0.717, 1.165) is 0 Å². The first kappa shape index (κ1) is 18.8. The molecule has 0 aliphatic carbocycles. The Balaban J connectivity index is 0.000000250. The van der Waals surface area contributed by atoms with Gasteiger partial charge in [0.05, 0.1) is 0 Å². The Hall–Kier alpha value is -2.17. The average Bonchev–Trinajstić information content (AvgIpc) is 3.40. The Bertz CT molecular complexity index is 351. The summed E-state index contributed by atoms with van der Waals surface area (Å²) in [6, 6.07) is 15.1. The molecule has 4 nitrogen and oxygen atoms in total. The molecule has 0 saturated carbocycles. The van der Waals surface area contributed by atoms with E-state index < -0.39 is 0 Å². The van der Waals surface area contributed by atoms with E-state index in [4.69, 9.17) is 0 Å². The third-order valence-corrected chi connectivity index (χ3v) is 1.82. The van der Waals surface area contributed by atoms with Crippen LogP contribution >= 0.6 is 0 Å². The van der Waals surface area contributed by atoms with Crippen LogP contribution in [0.15, 0.2) is 98.1 Å². The molecule has 0 aliphatic rings. The Labute approximate surface area is 139 Å². The Morgan fingerprint density at radius 3 is 0.476 bits per heavy atom. The SMILES string of the molecule is [Ti+4].c1cc[n-]c1.c1cc[n-]c1.c1cc[n-]c1.c1cc[n-]c1. The van der Waals surface area contributed by atoms with Crippen LogP contribution < -0.4 is 19.9 Å². The van der Waals surface area contributed by atoms with Crippen LogP contribution in [0.2, 0.25) is 0 Å². The molecule has 4 rings (SSSR count). The van der Waals surface area contributed by atoms with Crippen LogP contribution in [0, 0.1) is 0 Å². The van der Waals surface area contributed by atoms with Crippen molar-refractivity contribution >= 4 is 0 Å². The van der Waals surface area contributed by atoms with Gasteiger partial charge in [-0.3, -0.25) is 0 Å². The van der Waals surface area contributed by atoms with Gasteiger partial charge in [-0.1, -0.05) is 48.5 Å². The van der Waals surface area contributed by atoms with Gasteiger partial charge in [0.1, 0.15) is 0 Å². The van der Waals surface area contributed by atoms with Gasteiger partial charge >= 0.3 is 21.7 Å². The van der Waals surface area contributed by atoms with Gasteiger partial charge in [-0.25, -0.2) is 0 Å². The van der Waals surface area contributed by atoms with Crippen LogP contribution in [-0.2, 0) is 21.7 Å². The van der Waals surface area contributed by atoms with Crippen LogP contribution in [0.4, 0.5) is 0 Å². The summed E-state index contributed by atoms with van der Waals surface area (Å²) in [6.45, 7) is 0. The molecule has 0 N–H and O–H groups in total. The van der Waals surface area contributed by atoms with Crippen molar-refractivity contribution in [1.29, 1.82) is 0 Å². The largest absolute Gasteiger partial charge is 4.00 e. The third-order valence-electron chi connectivity index (χ3n) is 1.82. The van der Waals surface area contributed by atoms with Crippen molar-refractivity contribution in [3.05, 3.63) is 98.1 Å². The van der Waals surface area contributed by atoms with Crippen molar-refractivity contribution < 1.29 is 21.7 Å². The Morgan fingerprint density at radius 1 is 0.286 bits per heavy atom. The van der Waals surface area contributed by atoms with E-state index >= 15 is 0 Å². The number of hydrogen-bond donors (Lipinski definition) is 0. The van der Waals surface area contributed by atoms with Gasteiger partial charge in [-0.2, -0.15) is 49.6 Å². The van der Waals surface area contributed by atoms with Crippen molar-refractivity contribution in [2.45, 2.75) is 0 Å². The number of nitrogens with zero attached hydrogens (tertiary/aromatic N) is 4. The predicted molar refractivity (Wildman–Crippen MR) is 79.0 cm³/mol. The fraction of sp³-hybridized carbons (Fsp3) is 0. The summed E-state index contributed by atoms with van der Waals surface area (Å²) in [7, 11) is 0. The van der Waals surface area contributed by atoms with E-state index in [9.17, 15) is 0 Å². The zero-order valence-electron chi connectivity index (χ0n) is 11.5. The summed E-state index contributed by atoms with van der Waals surface area (Å²) in [6.07, 6.45) is 14.0. The molecule has 0 spiro atoms. The van der Waals surface area contributed by atoms with Gasteiger partial charge in [0.15, 0.2) is 0 Å². The molecular weight excluding hydrogens is 296 g/mol. The molecule has 0 radical (unpaired) electrons. The van der Waals surface area contributed by atoms with Gasteiger partial charge in [0, 0.05) is 0 Å². The van der Waals surface area contributed by atoms with Crippen molar-refractivity contribution in [1.82, 2.24) is 19.9 Å². The molecule has 21 heavy (non-hydrogen) atoms. The molecule has 0 fully saturated rings. The van der Waals surface area contributed by atoms with Crippen molar-refractivity contribution in [2.24, 2.45) is 0 Å². The van der Waals surface area contributed by atoms with E-state index in [1.807, 2.05) is 48.5 Å². The van der Waals surface area contributed by atoms with E-state index in [0.29, 0.717) is 0 Å². The molecular formula is C16H16N4Ti. The first-order chi connectivity index (χ1) is 10.0. The second kappa shape index (κ2) is 15.9. The van der Waals surface area contributed by atoms with Gasteiger partial charge in [-0.05, 0) is 0 Å². The van der Waals surface area contributed by atoms with Crippen LogP contribution in [0.1, 0.15) is 0 Å². The van der Waals surface area contributed by atoms with Crippen molar-refractivity contribution in [2.75, 3.05) is 0 Å². The summed E-state index contributed by atoms with van der Waals surface area (Å²) in [5, 5.41) is 0. The van der Waals surface area contributed by atoms with E-state index in [-0.39, 0.29) is 21.7 Å². The van der Waals surface area contributed by atoms with Gasteiger partial charge in [0.25, 0.3) is 0 Å². The average molecular weight is 312 g/mol. The maximum absolute atomic E-state index is 3.72. The molecule has 4 aromatic heterocycles. The predicted octanol–water partition coefficient (Wildman–Crippen LogP) is 2.57. The molecule has 0 saturated heterocycles. The zero-order chi connectivity index (χ0) is 14.1. The second-order valence-corrected chi connectivity index (χ2v) is 3.33. The third kappa shape index (κ3) is 14.1. The molecule has 4 heterocycles. The minimum Gasteiger partial charge on any atom is -0.670 e. The normalized spacial score (nSPS) is 7.62. The van der Waals surface area contributed by atoms with Crippen molar-refractivity contribution in [3.8, 4) is 0 Å². The summed E-state index contributed by atoms with van der Waals surface area (Å²) < 4.78 is 0. The van der Waals surface area contributed by atoms with Gasteiger partial charge in [0.2, 0.25) is 0 Å². The van der Waals surface area contributed by atoms with Gasteiger partial charge < -0.3 is 19.9 Å². The molecule has 0 atom stereocenters. The molecule has 4 aromatic rings. The summed E-state index contributed by atoms with van der Waals surface area (Å²) in [4.78, 5) is 14.9. The standard InChI is InChI=1S/4C4H4N.Ti/c4*1-2-4-5-3-1;/h4*1-4H;/q4*-1;+4. The molecule has 0 bridgehead atoms. The second-order valence-electron chi connectivity index (χ2n) is 3.33. The zero-order valence-corrected chi connectivity index (χ0v) is 13.1. The van der Waals surface area contributed by atoms with Crippen LogP contribution in [-0.4, -0.2) is 0 Å². The smallest absolute Gasteiger partial charge is 0.670 e. The monoisotopic (exact) mass is 312 g/mol. The summed E-state index contributed by atoms with van der Waals surface area (Å²) in [5.74, 6) is 0. The van der Waals surface area contributed by atoms with Gasteiger partial charge in [-0.15, -0.1) is 0 Å². The van der Waals surface area contributed by atoms with Crippen LogP contribution in [0.25, 0.3) is 0 Å². The Morgan fingerprint density at radius 2 is 0.429 bits per heavy atom. The molecule has 0 aliphatic heterocycles. The summed E-state index contributed by atoms with van der Waals surface area (Å²) in [5.41, 5.74) is 0. The number of aromatic nitrogens is 4. The first-order valence-electron chi connectivity index (χ1n) is 6.07. The molecule has 104 valence electrons. The number of rotatable bonds is 0. The summed E-state index contributed by atoms with van der Waals surface area (Å²) >= 11 is 0. The fourth-order valence-electron chi connectivity index (χ4n) is 0.994. The first-order valence-corrected chi connectivity index (χ1v) is 6.07. The molecule has 0 aromatic carbocycles. The minimum atomic E-state index is 0.